The molecule has 0 fully saturated rings. The summed E-state index contributed by atoms with van der Waals surface area (Å²) in [6, 6.07) is 0.551. The van der Waals surface area contributed by atoms with E-state index in [1.807, 2.05) is 0 Å². The van der Waals surface area contributed by atoms with Gasteiger partial charge < -0.3 is 5.32 Å². The van der Waals surface area contributed by atoms with Gasteiger partial charge in [0.05, 0.1) is 0 Å². The Balaban J connectivity index is 2.75. The largest absolute Gasteiger partial charge is 0.384 e. The number of allylic oxidation sites excluding steroid dienone is 2. The summed E-state index contributed by atoms with van der Waals surface area (Å²) in [7, 11) is 0. The van der Waals surface area contributed by atoms with Crippen LogP contribution in [-0.2, 0) is 0 Å². The zero-order valence-corrected chi connectivity index (χ0v) is 9.17. The van der Waals surface area contributed by atoms with E-state index in [1.54, 1.807) is 0 Å². The quantitative estimate of drug-likeness (QED) is 0.702. The minimum Gasteiger partial charge on any atom is -0.384 e. The Labute approximate surface area is 81.9 Å². The van der Waals surface area contributed by atoms with Crippen molar-refractivity contribution in [2.75, 3.05) is 0 Å². The van der Waals surface area contributed by atoms with Crippen molar-refractivity contribution in [1.29, 1.82) is 0 Å². The molecule has 0 aromatic carbocycles. The van der Waals surface area contributed by atoms with Gasteiger partial charge in [0.1, 0.15) is 0 Å². The number of hydrogen-bond donors (Lipinski definition) is 1. The third-order valence-electron chi connectivity index (χ3n) is 2.90. The van der Waals surface area contributed by atoms with Gasteiger partial charge in [0.25, 0.3) is 0 Å². The van der Waals surface area contributed by atoms with Gasteiger partial charge in [0.15, 0.2) is 0 Å². The van der Waals surface area contributed by atoms with E-state index in [4.69, 9.17) is 0 Å². The summed E-state index contributed by atoms with van der Waals surface area (Å²) in [4.78, 5) is 0. The molecule has 0 saturated carbocycles. The van der Waals surface area contributed by atoms with Crippen LogP contribution in [0.3, 0.4) is 0 Å². The van der Waals surface area contributed by atoms with Crippen LogP contribution >= 0.6 is 0 Å². The summed E-state index contributed by atoms with van der Waals surface area (Å²) < 4.78 is 0. The highest BCUT2D eigenvalue weighted by Crippen LogP contribution is 2.24. The molecule has 1 heterocycles. The van der Waals surface area contributed by atoms with Crippen LogP contribution in [0.1, 0.15) is 34.1 Å². The summed E-state index contributed by atoms with van der Waals surface area (Å²) in [6.45, 7) is 9.10. The number of hydrogen-bond acceptors (Lipinski definition) is 1. The van der Waals surface area contributed by atoms with Crippen molar-refractivity contribution in [2.24, 2.45) is 11.8 Å². The summed E-state index contributed by atoms with van der Waals surface area (Å²) in [5.41, 5.74) is 1.54. The molecule has 1 nitrogen and oxygen atoms in total. The van der Waals surface area contributed by atoms with Gasteiger partial charge in [-0.1, -0.05) is 40.2 Å². The number of dihydropyridines is 1. The van der Waals surface area contributed by atoms with Crippen molar-refractivity contribution in [3.63, 3.8) is 0 Å². The molecule has 0 radical (unpaired) electrons. The summed E-state index contributed by atoms with van der Waals surface area (Å²) in [6.07, 6.45) is 7.66. The Bertz CT molecular complexity index is 213. The standard InChI is InChI=1S/C12H21N/c1-5-10(4)12-11(9(2)3)7-6-8-13-12/h6-10,12-13H,5H2,1-4H3. The molecule has 0 aromatic heterocycles. The molecule has 74 valence electrons. The Hall–Kier alpha value is -0.720. The number of rotatable bonds is 3. The van der Waals surface area contributed by atoms with E-state index >= 15 is 0 Å². The number of nitrogens with one attached hydrogen (secondary N) is 1. The summed E-state index contributed by atoms with van der Waals surface area (Å²) in [5, 5.41) is 3.45. The Morgan fingerprint density at radius 2 is 2.08 bits per heavy atom. The second-order valence-corrected chi connectivity index (χ2v) is 4.21. The molecule has 0 amide bonds. The maximum Gasteiger partial charge on any atom is 0.0499 e. The first-order chi connectivity index (χ1) is 6.16. The maximum atomic E-state index is 3.45. The van der Waals surface area contributed by atoms with E-state index in [-0.39, 0.29) is 0 Å². The molecule has 1 aliphatic rings. The molecule has 1 heteroatoms. The lowest BCUT2D eigenvalue weighted by Crippen LogP contribution is -2.36. The smallest absolute Gasteiger partial charge is 0.0499 e. The van der Waals surface area contributed by atoms with Crippen molar-refractivity contribution in [3.8, 4) is 0 Å². The zero-order valence-electron chi connectivity index (χ0n) is 9.17. The molecule has 1 N–H and O–H groups in total. The first-order valence-electron chi connectivity index (χ1n) is 5.29. The molecule has 0 aromatic rings. The molecular formula is C12H21N. The normalized spacial score (nSPS) is 24.1. The van der Waals surface area contributed by atoms with Crippen molar-refractivity contribution in [3.05, 3.63) is 23.9 Å². The first-order valence-corrected chi connectivity index (χ1v) is 5.29. The molecule has 13 heavy (non-hydrogen) atoms. The minimum absolute atomic E-state index is 0.551. The van der Waals surface area contributed by atoms with E-state index in [1.165, 1.54) is 12.0 Å². The van der Waals surface area contributed by atoms with Crippen LogP contribution in [0.5, 0.6) is 0 Å². The highest BCUT2D eigenvalue weighted by Gasteiger charge is 2.21. The third kappa shape index (κ3) is 2.36. The zero-order chi connectivity index (χ0) is 9.84. The highest BCUT2D eigenvalue weighted by atomic mass is 14.9. The third-order valence-corrected chi connectivity index (χ3v) is 2.90. The molecule has 2 unspecified atom stereocenters. The van der Waals surface area contributed by atoms with Crippen LogP contribution in [0.15, 0.2) is 23.9 Å². The van der Waals surface area contributed by atoms with Crippen molar-refractivity contribution >= 4 is 0 Å². The van der Waals surface area contributed by atoms with E-state index in [9.17, 15) is 0 Å². The van der Waals surface area contributed by atoms with Gasteiger partial charge in [0.2, 0.25) is 0 Å². The Morgan fingerprint density at radius 3 is 2.62 bits per heavy atom. The predicted molar refractivity (Wildman–Crippen MR) is 58.4 cm³/mol. The van der Waals surface area contributed by atoms with Crippen LogP contribution in [0.4, 0.5) is 0 Å². The molecule has 0 aliphatic carbocycles. The second kappa shape index (κ2) is 4.50. The monoisotopic (exact) mass is 179 g/mol. The fraction of sp³-hybridized carbons (Fsp3) is 0.667. The average Bonchev–Trinajstić information content (AvgIpc) is 2.16. The van der Waals surface area contributed by atoms with E-state index < -0.39 is 0 Å². The lowest BCUT2D eigenvalue weighted by atomic mass is 9.85. The highest BCUT2D eigenvalue weighted by molar-refractivity contribution is 5.25. The Morgan fingerprint density at radius 1 is 1.38 bits per heavy atom. The fourth-order valence-electron chi connectivity index (χ4n) is 1.80. The van der Waals surface area contributed by atoms with E-state index in [0.29, 0.717) is 12.0 Å². The van der Waals surface area contributed by atoms with Gasteiger partial charge in [-0.2, -0.15) is 0 Å². The molecule has 0 saturated heterocycles. The second-order valence-electron chi connectivity index (χ2n) is 4.21. The maximum absolute atomic E-state index is 3.45. The van der Waals surface area contributed by atoms with Gasteiger partial charge in [-0.25, -0.2) is 0 Å². The van der Waals surface area contributed by atoms with Crippen LogP contribution in [0, 0.1) is 11.8 Å². The van der Waals surface area contributed by atoms with E-state index in [0.717, 1.165) is 5.92 Å². The van der Waals surface area contributed by atoms with Gasteiger partial charge in [-0.05, 0) is 29.7 Å². The fourth-order valence-corrected chi connectivity index (χ4v) is 1.80. The van der Waals surface area contributed by atoms with Crippen LogP contribution in [0.2, 0.25) is 0 Å². The summed E-state index contributed by atoms with van der Waals surface area (Å²) in [5.74, 6) is 1.37. The molecule has 1 aliphatic heterocycles. The molecule has 1 rings (SSSR count). The van der Waals surface area contributed by atoms with Crippen LogP contribution < -0.4 is 5.32 Å². The lowest BCUT2D eigenvalue weighted by molar-refractivity contribution is 0.416. The average molecular weight is 179 g/mol. The van der Waals surface area contributed by atoms with Gasteiger partial charge >= 0.3 is 0 Å². The van der Waals surface area contributed by atoms with Crippen LogP contribution in [-0.4, -0.2) is 6.04 Å². The SMILES string of the molecule is CCC(C)C1NC=CC=C1C(C)C. The molecule has 2 atom stereocenters. The molecule has 0 bridgehead atoms. The molecule has 0 spiro atoms. The van der Waals surface area contributed by atoms with Crippen LogP contribution in [0.25, 0.3) is 0 Å². The predicted octanol–water partition coefficient (Wildman–Crippen LogP) is 3.10. The van der Waals surface area contributed by atoms with Crippen molar-refractivity contribution in [2.45, 2.75) is 40.2 Å². The van der Waals surface area contributed by atoms with E-state index in [2.05, 4.69) is 51.4 Å². The van der Waals surface area contributed by atoms with Crippen molar-refractivity contribution in [1.82, 2.24) is 5.32 Å². The van der Waals surface area contributed by atoms with Crippen molar-refractivity contribution < 1.29 is 0 Å². The topological polar surface area (TPSA) is 12.0 Å². The van der Waals surface area contributed by atoms with Gasteiger partial charge in [0, 0.05) is 6.04 Å². The van der Waals surface area contributed by atoms with Gasteiger partial charge in [-0.15, -0.1) is 0 Å². The summed E-state index contributed by atoms with van der Waals surface area (Å²) >= 11 is 0. The van der Waals surface area contributed by atoms with Gasteiger partial charge in [-0.3, -0.25) is 0 Å². The minimum atomic E-state index is 0.551. The Kier molecular flexibility index (Phi) is 3.58. The first kappa shape index (κ1) is 10.4. The molecular weight excluding hydrogens is 158 g/mol. The lowest BCUT2D eigenvalue weighted by Gasteiger charge is -2.30.